The van der Waals surface area contributed by atoms with Gasteiger partial charge in [0.1, 0.15) is 46.7 Å². The second kappa shape index (κ2) is 12.5. The van der Waals surface area contributed by atoms with Crippen molar-refractivity contribution in [3.63, 3.8) is 0 Å². The average Bonchev–Trinajstić information content (AvgIpc) is 3.12. The van der Waals surface area contributed by atoms with Gasteiger partial charge in [0.2, 0.25) is 0 Å². The Hall–Kier alpha value is -6.71. The summed E-state index contributed by atoms with van der Waals surface area (Å²) in [6.45, 7) is 0. The lowest BCUT2D eigenvalue weighted by Crippen LogP contribution is -2.37. The highest BCUT2D eigenvalue weighted by Gasteiger charge is 2.49. The van der Waals surface area contributed by atoms with Crippen molar-refractivity contribution in [1.82, 2.24) is 0 Å². The van der Waals surface area contributed by atoms with E-state index in [2.05, 4.69) is 0 Å². The number of fused-ring (bicyclic) bond motifs is 4. The first-order valence-corrected chi connectivity index (χ1v) is 16.6. The maximum Gasteiger partial charge on any atom is 0.312 e. The van der Waals surface area contributed by atoms with Crippen molar-refractivity contribution in [3.8, 4) is 69.0 Å². The molecule has 0 amide bonds. The molecule has 54 heavy (non-hydrogen) atoms. The van der Waals surface area contributed by atoms with E-state index in [1.807, 2.05) is 0 Å². The number of hydrogen-bond acceptors (Lipinski definition) is 15. The number of esters is 1. The summed E-state index contributed by atoms with van der Waals surface area (Å²) in [6.07, 6.45) is -6.28. The number of phenols is 9. The maximum absolute atomic E-state index is 12.9. The third kappa shape index (κ3) is 5.40. The van der Waals surface area contributed by atoms with Crippen molar-refractivity contribution < 1.29 is 75.2 Å². The van der Waals surface area contributed by atoms with Gasteiger partial charge >= 0.3 is 5.97 Å². The molecule has 6 atom stereocenters. The number of hydrogen-bond donors (Lipinski definition) is 11. The Labute approximate surface area is 304 Å². The zero-order valence-electron chi connectivity index (χ0n) is 27.8. The van der Waals surface area contributed by atoms with Crippen LogP contribution in [0.2, 0.25) is 0 Å². The van der Waals surface area contributed by atoms with Crippen molar-refractivity contribution in [3.05, 3.63) is 106 Å². The number of aliphatic hydroxyl groups excluding tert-OH is 2. The molecule has 5 aromatic carbocycles. The summed E-state index contributed by atoms with van der Waals surface area (Å²) in [7, 11) is 0. The summed E-state index contributed by atoms with van der Waals surface area (Å²) in [6, 6.07) is 13.5. The van der Waals surface area contributed by atoms with E-state index in [1.165, 1.54) is 42.5 Å². The van der Waals surface area contributed by atoms with Crippen LogP contribution in [0.3, 0.4) is 0 Å². The van der Waals surface area contributed by atoms with E-state index in [0.717, 1.165) is 24.3 Å². The third-order valence-corrected chi connectivity index (χ3v) is 10.2. The van der Waals surface area contributed by atoms with Crippen molar-refractivity contribution in [1.29, 1.82) is 0 Å². The summed E-state index contributed by atoms with van der Waals surface area (Å²) in [5.41, 5.74) is 0.580. The third-order valence-electron chi connectivity index (χ3n) is 10.2. The van der Waals surface area contributed by atoms with Crippen molar-refractivity contribution >= 4 is 5.97 Å². The lowest BCUT2D eigenvalue weighted by molar-refractivity contribution is -0.135. The largest absolute Gasteiger partial charge is 0.507 e. The molecule has 0 bridgehead atoms. The van der Waals surface area contributed by atoms with Crippen molar-refractivity contribution in [2.24, 2.45) is 0 Å². The Balaban J connectivity index is 1.39. The average molecular weight is 741 g/mol. The van der Waals surface area contributed by atoms with Crippen LogP contribution in [-0.4, -0.2) is 74.3 Å². The van der Waals surface area contributed by atoms with Crippen molar-refractivity contribution in [2.45, 2.75) is 49.1 Å². The molecule has 0 aromatic heterocycles. The van der Waals surface area contributed by atoms with Crippen LogP contribution < -0.4 is 14.2 Å². The first kappa shape index (κ1) is 34.4. The van der Waals surface area contributed by atoms with Crippen LogP contribution in [0.25, 0.3) is 0 Å². The lowest BCUT2D eigenvalue weighted by Gasteiger charge is -2.42. The molecule has 15 nitrogen and oxygen atoms in total. The summed E-state index contributed by atoms with van der Waals surface area (Å²) >= 11 is 0. The molecule has 11 N–H and O–H groups in total. The Bertz CT molecular complexity index is 2370. The Morgan fingerprint density at radius 3 is 1.63 bits per heavy atom. The van der Waals surface area contributed by atoms with Gasteiger partial charge in [0.15, 0.2) is 40.6 Å². The number of ether oxygens (including phenoxy) is 3. The molecular formula is C39H32O15. The van der Waals surface area contributed by atoms with Gasteiger partial charge < -0.3 is 70.4 Å². The number of carbonyl (C=O) groups is 1. The molecular weight excluding hydrogens is 708 g/mol. The SMILES string of the molecule is O=C1C[C@H](c2ccc(O)c(O)c2)c2c(cc(O)c3c2O[C@H](c2ccc(O)c(O)c2)[C@H](O)C3c2c(O)cc(O)c3c2OC(c2ccc(O)c(O)c2)C(O)C3)O1. The van der Waals surface area contributed by atoms with E-state index in [1.54, 1.807) is 0 Å². The Morgan fingerprint density at radius 2 is 1.02 bits per heavy atom. The molecule has 3 aliphatic rings. The van der Waals surface area contributed by atoms with E-state index in [-0.39, 0.29) is 63.5 Å². The van der Waals surface area contributed by atoms with Gasteiger partial charge in [0.05, 0.1) is 18.4 Å². The van der Waals surface area contributed by atoms with Gasteiger partial charge in [0.25, 0.3) is 0 Å². The zero-order valence-corrected chi connectivity index (χ0v) is 27.8. The Kier molecular flexibility index (Phi) is 7.93. The molecule has 278 valence electrons. The quantitative estimate of drug-likeness (QED) is 0.0702. The van der Waals surface area contributed by atoms with Gasteiger partial charge in [-0.3, -0.25) is 4.79 Å². The number of rotatable bonds is 4. The van der Waals surface area contributed by atoms with E-state index in [4.69, 9.17) is 14.2 Å². The van der Waals surface area contributed by atoms with Gasteiger partial charge in [-0.05, 0) is 53.1 Å². The van der Waals surface area contributed by atoms with Gasteiger partial charge in [-0.15, -0.1) is 0 Å². The van der Waals surface area contributed by atoms with E-state index in [9.17, 15) is 61.0 Å². The highest BCUT2D eigenvalue weighted by molar-refractivity contribution is 5.81. The predicted octanol–water partition coefficient (Wildman–Crippen LogP) is 4.14. The number of aliphatic hydroxyl groups is 2. The number of benzene rings is 5. The van der Waals surface area contributed by atoms with Crippen LogP contribution in [-0.2, 0) is 11.2 Å². The smallest absolute Gasteiger partial charge is 0.312 e. The standard InChI is InChI=1S/C39H32O15/c40-19-4-1-14(7-23(19)44)17-11-30(50)52-29-13-27(48)33-34(35(51)37(54-39(33)31(17)29)16-3-6-21(42)25(46)9-16)32-26(47)12-22(43)18-10-28(49)36(53-38(18)32)15-2-5-20(41)24(45)8-15/h1-9,12-13,17,28,34-37,40-49,51H,10-11H2/t17-,28?,34?,35-,36?,37-/m1/s1. The molecule has 0 saturated heterocycles. The van der Waals surface area contributed by atoms with Gasteiger partial charge in [0, 0.05) is 46.7 Å². The summed E-state index contributed by atoms with van der Waals surface area (Å²) in [5.74, 6) is -8.07. The first-order valence-electron chi connectivity index (χ1n) is 16.6. The highest BCUT2D eigenvalue weighted by atomic mass is 16.5. The van der Waals surface area contributed by atoms with Crippen LogP contribution in [0.1, 0.15) is 69.4 Å². The number of aromatic hydroxyl groups is 9. The van der Waals surface area contributed by atoms with Gasteiger partial charge in [-0.25, -0.2) is 0 Å². The topological polar surface area (TPSA) is 267 Å². The second-order valence-corrected chi connectivity index (χ2v) is 13.5. The van der Waals surface area contributed by atoms with Crippen LogP contribution in [0.5, 0.6) is 69.0 Å². The summed E-state index contributed by atoms with van der Waals surface area (Å²) in [4.78, 5) is 12.9. The fraction of sp³-hybridized carbons (Fsp3) is 0.205. The minimum atomic E-state index is -1.74. The van der Waals surface area contributed by atoms with Gasteiger partial charge in [-0.1, -0.05) is 18.2 Å². The molecule has 0 spiro atoms. The molecule has 0 saturated carbocycles. The molecule has 0 fully saturated rings. The summed E-state index contributed by atoms with van der Waals surface area (Å²) < 4.78 is 18.3. The molecule has 0 radical (unpaired) electrons. The predicted molar refractivity (Wildman–Crippen MR) is 184 cm³/mol. The zero-order chi connectivity index (χ0) is 38.3. The lowest BCUT2D eigenvalue weighted by atomic mass is 9.74. The minimum Gasteiger partial charge on any atom is -0.507 e. The van der Waals surface area contributed by atoms with E-state index < -0.39 is 94.0 Å². The van der Waals surface area contributed by atoms with Crippen LogP contribution in [0.4, 0.5) is 0 Å². The fourth-order valence-corrected chi connectivity index (χ4v) is 7.66. The normalized spacial score (nSPS) is 22.9. The second-order valence-electron chi connectivity index (χ2n) is 13.5. The molecule has 15 heteroatoms. The van der Waals surface area contributed by atoms with Crippen LogP contribution in [0, 0.1) is 0 Å². The van der Waals surface area contributed by atoms with Crippen LogP contribution >= 0.6 is 0 Å². The number of phenolic OH excluding ortho intramolecular Hbond substituents is 9. The highest BCUT2D eigenvalue weighted by Crippen LogP contribution is 2.60. The van der Waals surface area contributed by atoms with Crippen LogP contribution in [0.15, 0.2) is 66.7 Å². The Morgan fingerprint density at radius 1 is 0.500 bits per heavy atom. The maximum atomic E-state index is 12.9. The molecule has 3 unspecified atom stereocenters. The molecule has 5 aromatic rings. The van der Waals surface area contributed by atoms with E-state index >= 15 is 0 Å². The first-order chi connectivity index (χ1) is 25.7. The van der Waals surface area contributed by atoms with E-state index in [0.29, 0.717) is 5.56 Å². The van der Waals surface area contributed by atoms with Crippen molar-refractivity contribution in [2.75, 3.05) is 0 Å². The van der Waals surface area contributed by atoms with Gasteiger partial charge in [-0.2, -0.15) is 0 Å². The minimum absolute atomic E-state index is 0.0254. The fourth-order valence-electron chi connectivity index (χ4n) is 7.66. The molecule has 3 heterocycles. The summed E-state index contributed by atoms with van der Waals surface area (Å²) in [5, 5.41) is 119. The molecule has 3 aliphatic heterocycles. The number of carbonyl (C=O) groups excluding carboxylic acids is 1. The molecule has 8 rings (SSSR count). The monoisotopic (exact) mass is 740 g/mol. The molecule has 0 aliphatic carbocycles.